The van der Waals surface area contributed by atoms with Crippen LogP contribution in [0.25, 0.3) is 0 Å². The molecule has 0 heterocycles. The van der Waals surface area contributed by atoms with Gasteiger partial charge in [0.2, 0.25) is 0 Å². The van der Waals surface area contributed by atoms with E-state index in [1.54, 1.807) is 6.07 Å². The van der Waals surface area contributed by atoms with E-state index in [9.17, 15) is 9.18 Å². The van der Waals surface area contributed by atoms with Crippen molar-refractivity contribution in [3.05, 3.63) is 29.6 Å². The van der Waals surface area contributed by atoms with E-state index >= 15 is 0 Å². The summed E-state index contributed by atoms with van der Waals surface area (Å²) in [5.41, 5.74) is 5.29. The lowest BCUT2D eigenvalue weighted by Crippen LogP contribution is -2.26. The molecule has 5 heteroatoms. The van der Waals surface area contributed by atoms with Crippen LogP contribution in [0.3, 0.4) is 0 Å². The first kappa shape index (κ1) is 12.4. The molecule has 0 aliphatic carbocycles. The molecule has 88 valence electrons. The van der Waals surface area contributed by atoms with E-state index in [4.69, 9.17) is 10.5 Å². The summed E-state index contributed by atoms with van der Waals surface area (Å²) in [6.07, 6.45) is 0.670. The molecule has 0 fully saturated rings. The Hall–Kier alpha value is -1.62. The molecule has 0 aliphatic rings. The molecule has 1 aromatic rings. The van der Waals surface area contributed by atoms with Gasteiger partial charge in [0.1, 0.15) is 11.6 Å². The molecule has 0 saturated carbocycles. The fraction of sp³-hybridized carbons (Fsp3) is 0.364. The molecule has 0 aliphatic heterocycles. The van der Waals surface area contributed by atoms with Crippen LogP contribution in [0, 0.1) is 5.82 Å². The van der Waals surface area contributed by atoms with Gasteiger partial charge in [0.15, 0.2) is 0 Å². The second-order valence-corrected chi connectivity index (χ2v) is 3.24. The minimum atomic E-state index is -0.593. The van der Waals surface area contributed by atoms with E-state index in [1.807, 2.05) is 0 Å². The highest BCUT2D eigenvalue weighted by Gasteiger charge is 2.11. The van der Waals surface area contributed by atoms with Crippen molar-refractivity contribution >= 4 is 5.91 Å². The molecule has 0 aromatic heterocycles. The summed E-state index contributed by atoms with van der Waals surface area (Å²) < 4.78 is 18.3. The van der Waals surface area contributed by atoms with Gasteiger partial charge in [-0.25, -0.2) is 4.39 Å². The molecule has 0 bridgehead atoms. The van der Waals surface area contributed by atoms with E-state index in [0.717, 1.165) is 0 Å². The Labute approximate surface area is 93.6 Å². The van der Waals surface area contributed by atoms with E-state index < -0.39 is 11.7 Å². The molecule has 0 saturated heterocycles. The van der Waals surface area contributed by atoms with Crippen LogP contribution in [0.1, 0.15) is 16.8 Å². The van der Waals surface area contributed by atoms with Gasteiger partial charge in [-0.2, -0.15) is 0 Å². The van der Waals surface area contributed by atoms with Crippen LogP contribution in [-0.2, 0) is 0 Å². The molecule has 1 amide bonds. The van der Waals surface area contributed by atoms with Crippen LogP contribution in [0.2, 0.25) is 0 Å². The van der Waals surface area contributed by atoms with Crippen LogP contribution in [0.4, 0.5) is 4.39 Å². The van der Waals surface area contributed by atoms with Gasteiger partial charge < -0.3 is 15.8 Å². The zero-order chi connectivity index (χ0) is 12.0. The average Bonchev–Trinajstić information content (AvgIpc) is 2.29. The highest BCUT2D eigenvalue weighted by molar-refractivity contribution is 5.94. The van der Waals surface area contributed by atoms with Crippen molar-refractivity contribution in [1.82, 2.24) is 5.32 Å². The van der Waals surface area contributed by atoms with Crippen molar-refractivity contribution in [3.8, 4) is 5.75 Å². The highest BCUT2D eigenvalue weighted by Crippen LogP contribution is 2.15. The Morgan fingerprint density at radius 2 is 2.31 bits per heavy atom. The lowest BCUT2D eigenvalue weighted by Gasteiger charge is -2.06. The molecule has 4 nitrogen and oxygen atoms in total. The number of carbonyl (C=O) groups is 1. The van der Waals surface area contributed by atoms with Crippen molar-refractivity contribution in [2.24, 2.45) is 5.73 Å². The van der Waals surface area contributed by atoms with Gasteiger partial charge in [0, 0.05) is 12.6 Å². The number of benzene rings is 1. The van der Waals surface area contributed by atoms with E-state index in [1.165, 1.54) is 19.2 Å². The molecule has 0 atom stereocenters. The number of amides is 1. The lowest BCUT2D eigenvalue weighted by atomic mass is 10.2. The van der Waals surface area contributed by atoms with Crippen LogP contribution in [0.15, 0.2) is 18.2 Å². The lowest BCUT2D eigenvalue weighted by molar-refractivity contribution is 0.0949. The fourth-order valence-corrected chi connectivity index (χ4v) is 1.21. The first-order valence-corrected chi connectivity index (χ1v) is 5.01. The summed E-state index contributed by atoms with van der Waals surface area (Å²) in [6, 6.07) is 4.12. The minimum Gasteiger partial charge on any atom is -0.497 e. The number of rotatable bonds is 5. The SMILES string of the molecule is COc1ccc(C(=O)NCCCN)c(F)c1. The van der Waals surface area contributed by atoms with E-state index in [0.29, 0.717) is 25.3 Å². The van der Waals surface area contributed by atoms with Crippen LogP contribution in [0.5, 0.6) is 5.75 Å². The molecule has 1 aromatic carbocycles. The summed E-state index contributed by atoms with van der Waals surface area (Å²) in [5, 5.41) is 2.58. The largest absolute Gasteiger partial charge is 0.497 e. The number of ether oxygens (including phenoxy) is 1. The van der Waals surface area contributed by atoms with E-state index in [2.05, 4.69) is 5.32 Å². The zero-order valence-electron chi connectivity index (χ0n) is 9.13. The van der Waals surface area contributed by atoms with E-state index in [-0.39, 0.29) is 5.56 Å². The smallest absolute Gasteiger partial charge is 0.254 e. The minimum absolute atomic E-state index is 0.0119. The zero-order valence-corrected chi connectivity index (χ0v) is 9.13. The third-order valence-corrected chi connectivity index (χ3v) is 2.09. The highest BCUT2D eigenvalue weighted by atomic mass is 19.1. The Balaban J connectivity index is 2.68. The molecule has 3 N–H and O–H groups in total. The Bertz CT molecular complexity index is 369. The number of nitrogens with two attached hydrogens (primary N) is 1. The van der Waals surface area contributed by atoms with Gasteiger partial charge in [0.05, 0.1) is 12.7 Å². The first-order valence-electron chi connectivity index (χ1n) is 5.01. The maximum absolute atomic E-state index is 13.4. The Morgan fingerprint density at radius 1 is 1.56 bits per heavy atom. The Morgan fingerprint density at radius 3 is 2.88 bits per heavy atom. The molecule has 16 heavy (non-hydrogen) atoms. The number of hydrogen-bond donors (Lipinski definition) is 2. The number of methoxy groups -OCH3 is 1. The number of nitrogens with one attached hydrogen (secondary N) is 1. The monoisotopic (exact) mass is 226 g/mol. The molecule has 0 spiro atoms. The first-order chi connectivity index (χ1) is 7.69. The van der Waals surface area contributed by atoms with Crippen LogP contribution < -0.4 is 15.8 Å². The third-order valence-electron chi connectivity index (χ3n) is 2.09. The molecule has 1 rings (SSSR count). The van der Waals surface area contributed by atoms with Crippen molar-refractivity contribution < 1.29 is 13.9 Å². The second-order valence-electron chi connectivity index (χ2n) is 3.24. The fourth-order valence-electron chi connectivity index (χ4n) is 1.21. The predicted octanol–water partition coefficient (Wildman–Crippen LogP) is 0.913. The maximum Gasteiger partial charge on any atom is 0.254 e. The topological polar surface area (TPSA) is 64.3 Å². The van der Waals surface area contributed by atoms with Crippen LogP contribution >= 0.6 is 0 Å². The quantitative estimate of drug-likeness (QED) is 0.733. The molecule has 0 unspecified atom stereocenters. The second kappa shape index (κ2) is 6.07. The third kappa shape index (κ3) is 3.20. The molecule has 0 radical (unpaired) electrons. The van der Waals surface area contributed by atoms with Gasteiger partial charge in [-0.15, -0.1) is 0 Å². The van der Waals surface area contributed by atoms with Gasteiger partial charge >= 0.3 is 0 Å². The normalized spacial score (nSPS) is 9.94. The van der Waals surface area contributed by atoms with Gasteiger partial charge in [-0.05, 0) is 25.1 Å². The number of hydrogen-bond acceptors (Lipinski definition) is 3. The number of carbonyl (C=O) groups excluding carboxylic acids is 1. The van der Waals surface area contributed by atoms with Crippen molar-refractivity contribution in [1.29, 1.82) is 0 Å². The summed E-state index contributed by atoms with van der Waals surface area (Å²) >= 11 is 0. The standard InChI is InChI=1S/C11H15FN2O2/c1-16-8-3-4-9(10(12)7-8)11(15)14-6-2-5-13/h3-4,7H,2,5-6,13H2,1H3,(H,14,15). The molecular weight excluding hydrogens is 211 g/mol. The predicted molar refractivity (Wildman–Crippen MR) is 59.0 cm³/mol. The summed E-state index contributed by atoms with van der Waals surface area (Å²) in [4.78, 5) is 11.5. The summed E-state index contributed by atoms with van der Waals surface area (Å²) in [5.74, 6) is -0.644. The number of halogens is 1. The average molecular weight is 226 g/mol. The van der Waals surface area contributed by atoms with Gasteiger partial charge in [-0.1, -0.05) is 0 Å². The van der Waals surface area contributed by atoms with Crippen molar-refractivity contribution in [3.63, 3.8) is 0 Å². The van der Waals surface area contributed by atoms with Gasteiger partial charge in [-0.3, -0.25) is 4.79 Å². The molecular formula is C11H15FN2O2. The maximum atomic E-state index is 13.4. The Kier molecular flexibility index (Phi) is 4.72. The summed E-state index contributed by atoms with van der Waals surface area (Å²) in [6.45, 7) is 0.937. The van der Waals surface area contributed by atoms with Crippen molar-refractivity contribution in [2.75, 3.05) is 20.2 Å². The van der Waals surface area contributed by atoms with Gasteiger partial charge in [0.25, 0.3) is 5.91 Å². The van der Waals surface area contributed by atoms with Crippen molar-refractivity contribution in [2.45, 2.75) is 6.42 Å². The van der Waals surface area contributed by atoms with Crippen LogP contribution in [-0.4, -0.2) is 26.1 Å². The summed E-state index contributed by atoms with van der Waals surface area (Å²) in [7, 11) is 1.44.